The van der Waals surface area contributed by atoms with E-state index >= 15 is 0 Å². The molecule has 102 valence electrons. The van der Waals surface area contributed by atoms with Crippen LogP contribution >= 0.6 is 11.6 Å². The van der Waals surface area contributed by atoms with E-state index in [4.69, 9.17) is 11.6 Å². The number of ketones is 1. The summed E-state index contributed by atoms with van der Waals surface area (Å²) < 4.78 is 13.6. The number of benzene rings is 2. The Labute approximate surface area is 121 Å². The van der Waals surface area contributed by atoms with Crippen LogP contribution in [0.5, 0.6) is 0 Å². The van der Waals surface area contributed by atoms with Gasteiger partial charge in [0.25, 0.3) is 0 Å². The molecule has 2 aromatic rings. The van der Waals surface area contributed by atoms with Crippen LogP contribution in [0.1, 0.15) is 27.0 Å². The van der Waals surface area contributed by atoms with Crippen LogP contribution in [0.3, 0.4) is 0 Å². The molecule has 2 nitrogen and oxygen atoms in total. The quantitative estimate of drug-likeness (QED) is 0.876. The molecule has 0 saturated carbocycles. The zero-order valence-corrected chi connectivity index (χ0v) is 11.5. The van der Waals surface area contributed by atoms with E-state index in [0.29, 0.717) is 16.1 Å². The molecule has 0 atom stereocenters. The van der Waals surface area contributed by atoms with Crippen LogP contribution in [0.2, 0.25) is 5.02 Å². The summed E-state index contributed by atoms with van der Waals surface area (Å²) in [5.41, 5.74) is 3.31. The fourth-order valence-corrected chi connectivity index (χ4v) is 2.62. The fraction of sp³-hybridized carbons (Fsp3) is 0.188. The van der Waals surface area contributed by atoms with Gasteiger partial charge in [-0.1, -0.05) is 23.7 Å². The molecule has 0 spiro atoms. The number of carbonyl (C=O) groups is 1. The van der Waals surface area contributed by atoms with Gasteiger partial charge in [0.15, 0.2) is 5.78 Å². The maximum atomic E-state index is 13.6. The SMILES string of the molecule is O=C(Cc1cc(Cl)ccc1F)c1ccc2c(c1)CNC2. The third kappa shape index (κ3) is 2.60. The summed E-state index contributed by atoms with van der Waals surface area (Å²) in [6, 6.07) is 9.92. The van der Waals surface area contributed by atoms with Crippen molar-refractivity contribution in [2.45, 2.75) is 19.5 Å². The zero-order chi connectivity index (χ0) is 14.1. The molecule has 2 aromatic carbocycles. The van der Waals surface area contributed by atoms with Crippen molar-refractivity contribution >= 4 is 17.4 Å². The second-order valence-electron chi connectivity index (χ2n) is 4.92. The van der Waals surface area contributed by atoms with Gasteiger partial charge in [0, 0.05) is 30.1 Å². The van der Waals surface area contributed by atoms with E-state index in [2.05, 4.69) is 5.32 Å². The maximum absolute atomic E-state index is 13.6. The molecule has 0 radical (unpaired) electrons. The first-order chi connectivity index (χ1) is 9.63. The molecule has 20 heavy (non-hydrogen) atoms. The summed E-state index contributed by atoms with van der Waals surface area (Å²) in [6.07, 6.45) is 0.0264. The van der Waals surface area contributed by atoms with Crippen molar-refractivity contribution < 1.29 is 9.18 Å². The Morgan fingerprint density at radius 2 is 1.95 bits per heavy atom. The van der Waals surface area contributed by atoms with Gasteiger partial charge in [-0.3, -0.25) is 4.79 Å². The van der Waals surface area contributed by atoms with Gasteiger partial charge in [-0.25, -0.2) is 4.39 Å². The molecule has 1 aliphatic rings. The number of rotatable bonds is 3. The minimum Gasteiger partial charge on any atom is -0.309 e. The van der Waals surface area contributed by atoms with E-state index in [9.17, 15) is 9.18 Å². The minimum atomic E-state index is -0.398. The van der Waals surface area contributed by atoms with E-state index in [-0.39, 0.29) is 12.2 Å². The predicted octanol–water partition coefficient (Wildman–Crippen LogP) is 3.51. The van der Waals surface area contributed by atoms with Crippen LogP contribution in [-0.4, -0.2) is 5.78 Å². The Bertz CT molecular complexity index is 684. The molecule has 3 rings (SSSR count). The largest absolute Gasteiger partial charge is 0.309 e. The van der Waals surface area contributed by atoms with Gasteiger partial charge < -0.3 is 5.32 Å². The summed E-state index contributed by atoms with van der Waals surface area (Å²) in [7, 11) is 0. The highest BCUT2D eigenvalue weighted by Gasteiger charge is 2.15. The van der Waals surface area contributed by atoms with Gasteiger partial charge in [-0.05, 0) is 41.0 Å². The second kappa shape index (κ2) is 5.35. The topological polar surface area (TPSA) is 29.1 Å². The van der Waals surface area contributed by atoms with Gasteiger partial charge in [-0.15, -0.1) is 0 Å². The normalized spacial score (nSPS) is 13.3. The average molecular weight is 290 g/mol. The molecule has 1 aliphatic heterocycles. The first-order valence-corrected chi connectivity index (χ1v) is 6.81. The first-order valence-electron chi connectivity index (χ1n) is 6.43. The summed E-state index contributed by atoms with van der Waals surface area (Å²) in [5, 5.41) is 3.67. The minimum absolute atomic E-state index is 0.0264. The molecule has 0 aromatic heterocycles. The molecule has 0 saturated heterocycles. The molecule has 0 bridgehead atoms. The molecule has 0 unspecified atom stereocenters. The lowest BCUT2D eigenvalue weighted by atomic mass is 9.99. The monoisotopic (exact) mass is 289 g/mol. The van der Waals surface area contributed by atoms with Crippen molar-refractivity contribution in [1.29, 1.82) is 0 Å². The third-order valence-corrected chi connectivity index (χ3v) is 3.75. The van der Waals surface area contributed by atoms with Gasteiger partial charge >= 0.3 is 0 Å². The average Bonchev–Trinajstić information content (AvgIpc) is 2.90. The summed E-state index contributed by atoms with van der Waals surface area (Å²) in [4.78, 5) is 12.2. The third-order valence-electron chi connectivity index (χ3n) is 3.52. The van der Waals surface area contributed by atoms with Crippen LogP contribution < -0.4 is 5.32 Å². The molecule has 4 heteroatoms. The van der Waals surface area contributed by atoms with Crippen LogP contribution in [0, 0.1) is 5.82 Å². The van der Waals surface area contributed by atoms with Crippen molar-refractivity contribution in [2.24, 2.45) is 0 Å². The number of halogens is 2. The van der Waals surface area contributed by atoms with Crippen molar-refractivity contribution in [3.05, 3.63) is 69.5 Å². The Hall–Kier alpha value is -1.71. The molecule has 1 heterocycles. The summed E-state index contributed by atoms with van der Waals surface area (Å²) in [6.45, 7) is 1.62. The number of Topliss-reactive ketones (excluding diaryl/α,β-unsaturated/α-hetero) is 1. The predicted molar refractivity (Wildman–Crippen MR) is 76.4 cm³/mol. The lowest BCUT2D eigenvalue weighted by Crippen LogP contribution is -2.06. The Morgan fingerprint density at radius 3 is 2.80 bits per heavy atom. The van der Waals surface area contributed by atoms with E-state index in [0.717, 1.165) is 18.7 Å². The van der Waals surface area contributed by atoms with E-state index in [1.54, 1.807) is 6.07 Å². The number of nitrogens with one attached hydrogen (secondary N) is 1. The zero-order valence-electron chi connectivity index (χ0n) is 10.7. The summed E-state index contributed by atoms with van der Waals surface area (Å²) in [5.74, 6) is -0.494. The Balaban J connectivity index is 1.84. The van der Waals surface area contributed by atoms with Crippen LogP contribution in [0.25, 0.3) is 0 Å². The van der Waals surface area contributed by atoms with Crippen molar-refractivity contribution in [3.8, 4) is 0 Å². The highest BCUT2D eigenvalue weighted by molar-refractivity contribution is 6.30. The number of hydrogen-bond donors (Lipinski definition) is 1. The smallest absolute Gasteiger partial charge is 0.167 e. The van der Waals surface area contributed by atoms with Crippen LogP contribution in [0.4, 0.5) is 4.39 Å². The molecule has 0 aliphatic carbocycles. The van der Waals surface area contributed by atoms with E-state index in [1.165, 1.54) is 23.8 Å². The van der Waals surface area contributed by atoms with E-state index in [1.807, 2.05) is 12.1 Å². The second-order valence-corrected chi connectivity index (χ2v) is 5.36. The van der Waals surface area contributed by atoms with Gasteiger partial charge in [0.1, 0.15) is 5.82 Å². The number of hydrogen-bond acceptors (Lipinski definition) is 2. The van der Waals surface area contributed by atoms with Crippen molar-refractivity contribution in [3.63, 3.8) is 0 Å². The molecular formula is C16H13ClFNO. The maximum Gasteiger partial charge on any atom is 0.167 e. The van der Waals surface area contributed by atoms with Gasteiger partial charge in [0.05, 0.1) is 0 Å². The number of carbonyl (C=O) groups excluding carboxylic acids is 1. The molecule has 0 amide bonds. The first kappa shape index (κ1) is 13.3. The Kier molecular flexibility index (Phi) is 3.55. The highest BCUT2D eigenvalue weighted by Crippen LogP contribution is 2.20. The van der Waals surface area contributed by atoms with Gasteiger partial charge in [0.2, 0.25) is 0 Å². The van der Waals surface area contributed by atoms with Crippen molar-refractivity contribution in [1.82, 2.24) is 5.32 Å². The molecule has 0 fully saturated rings. The Morgan fingerprint density at radius 1 is 1.15 bits per heavy atom. The lowest BCUT2D eigenvalue weighted by molar-refractivity contribution is 0.0991. The standard InChI is InChI=1S/C16H13ClFNO/c17-14-3-4-15(18)12(6-14)7-16(20)10-1-2-11-8-19-9-13(11)5-10/h1-6,19H,7-9H2. The highest BCUT2D eigenvalue weighted by atomic mass is 35.5. The fourth-order valence-electron chi connectivity index (χ4n) is 2.42. The summed E-state index contributed by atoms with van der Waals surface area (Å²) >= 11 is 5.84. The lowest BCUT2D eigenvalue weighted by Gasteiger charge is -2.06. The van der Waals surface area contributed by atoms with Crippen molar-refractivity contribution in [2.75, 3.05) is 0 Å². The van der Waals surface area contributed by atoms with E-state index < -0.39 is 5.82 Å². The van der Waals surface area contributed by atoms with Crippen LogP contribution in [-0.2, 0) is 19.5 Å². The van der Waals surface area contributed by atoms with Gasteiger partial charge in [-0.2, -0.15) is 0 Å². The van der Waals surface area contributed by atoms with Crippen LogP contribution in [0.15, 0.2) is 36.4 Å². The molecular weight excluding hydrogens is 277 g/mol. The number of fused-ring (bicyclic) bond motifs is 1. The molecule has 1 N–H and O–H groups in total.